The molecule has 3 aliphatic rings. The van der Waals surface area contributed by atoms with E-state index in [1.165, 1.54) is 15.4 Å². The molecule has 1 fully saturated rings. The normalized spacial score (nSPS) is 18.9. The molecule has 1 aromatic carbocycles. The first-order valence-corrected chi connectivity index (χ1v) is 13.1. The van der Waals surface area contributed by atoms with Crippen LogP contribution in [0.5, 0.6) is 0 Å². The first kappa shape index (κ1) is 22.2. The van der Waals surface area contributed by atoms with Crippen LogP contribution < -0.4 is 14.7 Å². The van der Waals surface area contributed by atoms with Gasteiger partial charge in [-0.05, 0) is 80.5 Å². The second kappa shape index (κ2) is 8.64. The monoisotopic (exact) mass is 472 g/mol. The lowest BCUT2D eigenvalue weighted by atomic mass is 9.99. The highest BCUT2D eigenvalue weighted by atomic mass is 32.2. The van der Waals surface area contributed by atoms with Gasteiger partial charge in [-0.25, -0.2) is 4.31 Å². The number of aromatic nitrogens is 2. The molecule has 0 atom stereocenters. The zero-order chi connectivity index (χ0) is 23.2. The Morgan fingerprint density at radius 2 is 1.82 bits per heavy atom. The van der Waals surface area contributed by atoms with E-state index in [2.05, 4.69) is 20.9 Å². The highest BCUT2D eigenvalue weighted by molar-refractivity contribution is 7.91. The predicted octanol–water partition coefficient (Wildman–Crippen LogP) is 1.76. The van der Waals surface area contributed by atoms with Crippen molar-refractivity contribution in [3.05, 3.63) is 40.2 Å². The Bertz CT molecular complexity index is 1170. The number of hydrogen-bond donors (Lipinski definition) is 1. The molecular formula is C23H30N5O4S-. The van der Waals surface area contributed by atoms with E-state index < -0.39 is 16.2 Å². The number of anilines is 2. The first-order chi connectivity index (χ1) is 15.8. The van der Waals surface area contributed by atoms with E-state index in [4.69, 9.17) is 4.74 Å². The van der Waals surface area contributed by atoms with E-state index in [0.717, 1.165) is 55.3 Å². The van der Waals surface area contributed by atoms with Crippen molar-refractivity contribution >= 4 is 27.6 Å². The second-order valence-corrected chi connectivity index (χ2v) is 10.6. The summed E-state index contributed by atoms with van der Waals surface area (Å²) in [5.41, 5.74) is 6.62. The van der Waals surface area contributed by atoms with Gasteiger partial charge in [0.15, 0.2) is 0 Å². The summed E-state index contributed by atoms with van der Waals surface area (Å²) in [6.07, 6.45) is 8.61. The minimum Gasteiger partial charge on any atom is -0.845 e. The molecule has 2 aromatic rings. The highest BCUT2D eigenvalue weighted by Gasteiger charge is 2.34. The van der Waals surface area contributed by atoms with Crippen LogP contribution in [0.15, 0.2) is 16.7 Å². The molecule has 2 heterocycles. The maximum absolute atomic E-state index is 13.5. The van der Waals surface area contributed by atoms with Crippen molar-refractivity contribution < 1.29 is 18.3 Å². The van der Waals surface area contributed by atoms with Crippen molar-refractivity contribution in [2.75, 3.05) is 22.8 Å². The van der Waals surface area contributed by atoms with Crippen molar-refractivity contribution in [2.45, 2.75) is 64.3 Å². The Kier molecular flexibility index (Phi) is 5.82. The van der Waals surface area contributed by atoms with E-state index in [-0.39, 0.29) is 6.04 Å². The number of benzene rings is 1. The van der Waals surface area contributed by atoms with Gasteiger partial charge in [-0.2, -0.15) is 13.5 Å². The molecule has 0 amide bonds. The standard InChI is InChI=1S/C23H31N5O4S/c1-15-21(14-27(2)25-15)28(18-9-11-32-12-10-18)33(30,31)26-23(29)24-22-19-7-3-5-16(19)13-17-6-4-8-20(17)22/h13-14,18H,3-12H2,1-2H3,(H2,24,26,29)/p-1. The van der Waals surface area contributed by atoms with Crippen LogP contribution in [0.3, 0.4) is 0 Å². The molecule has 0 unspecified atom stereocenters. The minimum atomic E-state index is -4.29. The molecule has 5 rings (SSSR count). The van der Waals surface area contributed by atoms with E-state index >= 15 is 0 Å². The molecule has 33 heavy (non-hydrogen) atoms. The summed E-state index contributed by atoms with van der Waals surface area (Å²) in [7, 11) is -2.55. The molecule has 0 bridgehead atoms. The number of hydrogen-bond acceptors (Lipinski definition) is 5. The topological polar surface area (TPSA) is 112 Å². The predicted molar refractivity (Wildman–Crippen MR) is 125 cm³/mol. The van der Waals surface area contributed by atoms with Gasteiger partial charge in [0.25, 0.3) is 0 Å². The molecule has 1 aromatic heterocycles. The van der Waals surface area contributed by atoms with Crippen molar-refractivity contribution in [2.24, 2.45) is 11.4 Å². The molecule has 2 aliphatic carbocycles. The van der Waals surface area contributed by atoms with Crippen LogP contribution in [-0.2, 0) is 47.7 Å². The molecule has 9 nitrogen and oxygen atoms in total. The fourth-order valence-corrected chi connectivity index (χ4v) is 6.84. The van der Waals surface area contributed by atoms with Crippen LogP contribution in [0.2, 0.25) is 0 Å². The third-order valence-corrected chi connectivity index (χ3v) is 8.29. The Hall–Kier alpha value is -2.59. The van der Waals surface area contributed by atoms with Crippen LogP contribution in [0, 0.1) is 6.92 Å². The summed E-state index contributed by atoms with van der Waals surface area (Å²) in [6.45, 7) is 2.68. The molecule has 0 spiro atoms. The largest absolute Gasteiger partial charge is 0.845 e. The maximum atomic E-state index is 13.5. The number of nitrogens with one attached hydrogen (secondary N) is 1. The minimum absolute atomic E-state index is 0.339. The second-order valence-electron chi connectivity index (χ2n) is 9.15. The molecular weight excluding hydrogens is 442 g/mol. The van der Waals surface area contributed by atoms with Crippen LogP contribution in [0.25, 0.3) is 0 Å². The van der Waals surface area contributed by atoms with Crippen LogP contribution >= 0.6 is 0 Å². The van der Waals surface area contributed by atoms with Gasteiger partial charge in [0.05, 0.1) is 23.4 Å². The van der Waals surface area contributed by atoms with Crippen molar-refractivity contribution in [3.63, 3.8) is 0 Å². The summed E-state index contributed by atoms with van der Waals surface area (Å²) >= 11 is 0. The summed E-state index contributed by atoms with van der Waals surface area (Å²) in [6, 6.07) is 1.09. The molecule has 178 valence electrons. The number of amidine groups is 1. The van der Waals surface area contributed by atoms with Gasteiger partial charge < -0.3 is 15.2 Å². The van der Waals surface area contributed by atoms with Gasteiger partial charge in [-0.15, -0.1) is 4.40 Å². The molecule has 1 aliphatic heterocycles. The zero-order valence-electron chi connectivity index (χ0n) is 19.1. The maximum Gasteiger partial charge on any atom is 0.345 e. The Balaban J connectivity index is 1.50. The lowest BCUT2D eigenvalue weighted by Gasteiger charge is -2.33. The smallest absolute Gasteiger partial charge is 0.345 e. The Morgan fingerprint density at radius 3 is 2.39 bits per heavy atom. The fraction of sp³-hybridized carbons (Fsp3) is 0.565. The average molecular weight is 473 g/mol. The van der Waals surface area contributed by atoms with Gasteiger partial charge in [0.2, 0.25) is 0 Å². The molecule has 10 heteroatoms. The number of ether oxygens (including phenoxy) is 1. The van der Waals surface area contributed by atoms with Crippen LogP contribution in [-0.4, -0.2) is 43.5 Å². The van der Waals surface area contributed by atoms with Gasteiger partial charge in [0.1, 0.15) is 0 Å². The number of rotatable bonds is 5. The summed E-state index contributed by atoms with van der Waals surface area (Å²) in [4.78, 5) is 0. The van der Waals surface area contributed by atoms with E-state index in [1.54, 1.807) is 24.9 Å². The third-order valence-electron chi connectivity index (χ3n) is 6.90. The lowest BCUT2D eigenvalue weighted by Crippen LogP contribution is -2.44. The summed E-state index contributed by atoms with van der Waals surface area (Å²) in [5.74, 6) is 0. The van der Waals surface area contributed by atoms with Gasteiger partial charge in [-0.1, -0.05) is 6.07 Å². The quantitative estimate of drug-likeness (QED) is 0.524. The Morgan fingerprint density at radius 1 is 1.18 bits per heavy atom. The molecule has 0 radical (unpaired) electrons. The van der Waals surface area contributed by atoms with Crippen molar-refractivity contribution in [1.29, 1.82) is 0 Å². The Labute approximate surface area is 194 Å². The first-order valence-electron chi connectivity index (χ1n) is 11.7. The number of aryl methyl sites for hydroxylation is 4. The SMILES string of the molecule is Cc1nn(C)cc1N(C1CCOCC1)S(=O)(=O)/N=C(\[O-])Nc1c2c(cc3c1CCC3)CCC2. The van der Waals surface area contributed by atoms with Crippen molar-refractivity contribution in [3.8, 4) is 0 Å². The van der Waals surface area contributed by atoms with Crippen LogP contribution in [0.1, 0.15) is 53.6 Å². The number of nitrogens with zero attached hydrogens (tertiary/aromatic N) is 4. The zero-order valence-corrected chi connectivity index (χ0v) is 19.9. The molecule has 1 N–H and O–H groups in total. The number of fused-ring (bicyclic) bond motifs is 2. The lowest BCUT2D eigenvalue weighted by molar-refractivity contribution is -0.213. The highest BCUT2D eigenvalue weighted by Crippen LogP contribution is 2.38. The van der Waals surface area contributed by atoms with Gasteiger partial charge >= 0.3 is 10.2 Å². The van der Waals surface area contributed by atoms with Gasteiger partial charge in [-0.3, -0.25) is 4.68 Å². The van der Waals surface area contributed by atoms with E-state index in [9.17, 15) is 13.5 Å². The third kappa shape index (κ3) is 4.21. The average Bonchev–Trinajstić information content (AvgIpc) is 3.48. The van der Waals surface area contributed by atoms with Crippen molar-refractivity contribution in [1.82, 2.24) is 9.78 Å². The van der Waals surface area contributed by atoms with E-state index in [0.29, 0.717) is 37.4 Å². The van der Waals surface area contributed by atoms with Gasteiger partial charge in [0, 0.05) is 32.1 Å². The summed E-state index contributed by atoms with van der Waals surface area (Å²) < 4.78 is 38.9. The summed E-state index contributed by atoms with van der Waals surface area (Å²) in [5, 5.41) is 20.2. The van der Waals surface area contributed by atoms with Crippen LogP contribution in [0.4, 0.5) is 11.4 Å². The molecule has 0 saturated carbocycles. The van der Waals surface area contributed by atoms with E-state index in [1.807, 2.05) is 0 Å². The molecule has 1 saturated heterocycles. The fourth-order valence-electron chi connectivity index (χ4n) is 5.48.